The maximum absolute atomic E-state index is 15.1. The van der Waals surface area contributed by atoms with Gasteiger partial charge < -0.3 is 14.6 Å². The molecule has 1 unspecified atom stereocenters. The summed E-state index contributed by atoms with van der Waals surface area (Å²) in [5, 5.41) is 9.62. The summed E-state index contributed by atoms with van der Waals surface area (Å²) in [7, 11) is 0. The minimum Gasteiger partial charge on any atom is -0.494 e. The average molecular weight is 550 g/mol. The number of hydrogen-bond donors (Lipinski definition) is 1. The molecule has 0 spiro atoms. The van der Waals surface area contributed by atoms with Gasteiger partial charge in [-0.2, -0.15) is 0 Å². The van der Waals surface area contributed by atoms with Gasteiger partial charge in [0.05, 0.1) is 23.8 Å². The molecule has 0 aromatic heterocycles. The smallest absolute Gasteiger partial charge is 0.338 e. The summed E-state index contributed by atoms with van der Waals surface area (Å²) in [6.07, 6.45) is 6.72. The second-order valence-electron chi connectivity index (χ2n) is 9.20. The van der Waals surface area contributed by atoms with Crippen molar-refractivity contribution < 1.29 is 28.6 Å². The van der Waals surface area contributed by atoms with Crippen LogP contribution in [0.2, 0.25) is 5.02 Å². The number of ether oxygens (including phenoxy) is 2. The highest BCUT2D eigenvalue weighted by Gasteiger charge is 2.39. The van der Waals surface area contributed by atoms with E-state index in [-0.39, 0.29) is 22.8 Å². The molecule has 6 nitrogen and oxygen atoms in total. The van der Waals surface area contributed by atoms with Gasteiger partial charge in [-0.05, 0) is 72.5 Å². The summed E-state index contributed by atoms with van der Waals surface area (Å²) < 4.78 is 26.7. The number of allylic oxidation sites excluding steroid dienone is 1. The summed E-state index contributed by atoms with van der Waals surface area (Å²) in [4.78, 5) is 30.0. The zero-order valence-electron chi connectivity index (χ0n) is 21.7. The van der Waals surface area contributed by atoms with Crippen molar-refractivity contribution in [3.05, 3.63) is 94.3 Å². The zero-order valence-corrected chi connectivity index (χ0v) is 22.5. The molecule has 1 aliphatic heterocycles. The van der Waals surface area contributed by atoms with E-state index >= 15 is 4.39 Å². The van der Waals surface area contributed by atoms with Gasteiger partial charge in [0.25, 0.3) is 0 Å². The molecule has 0 radical (unpaired) electrons. The fourth-order valence-electron chi connectivity index (χ4n) is 4.41. The van der Waals surface area contributed by atoms with E-state index in [1.807, 2.05) is 13.8 Å². The lowest BCUT2D eigenvalue weighted by molar-refractivity contribution is 0.0691. The summed E-state index contributed by atoms with van der Waals surface area (Å²) in [6, 6.07) is 14.3. The van der Waals surface area contributed by atoms with Crippen LogP contribution in [0.4, 0.5) is 4.39 Å². The Morgan fingerprint density at radius 3 is 2.44 bits per heavy atom. The third kappa shape index (κ3) is 6.04. The fourth-order valence-corrected chi connectivity index (χ4v) is 4.67. The minimum atomic E-state index is -1.35. The Bertz CT molecular complexity index is 1440. The van der Waals surface area contributed by atoms with E-state index in [2.05, 4.69) is 4.99 Å². The molecule has 0 aliphatic carbocycles. The molecule has 3 aromatic rings. The van der Waals surface area contributed by atoms with Crippen LogP contribution in [0.5, 0.6) is 11.5 Å². The number of carbonyl (C=O) groups excluding carboxylic acids is 1. The van der Waals surface area contributed by atoms with Crippen LogP contribution in [0.1, 0.15) is 53.0 Å². The quantitative estimate of drug-likeness (QED) is 0.241. The molecule has 202 valence electrons. The molecule has 1 atom stereocenters. The van der Waals surface area contributed by atoms with Crippen molar-refractivity contribution in [1.82, 2.24) is 0 Å². The normalized spacial score (nSPS) is 15.9. The topological polar surface area (TPSA) is 85.2 Å². The predicted octanol–water partition coefficient (Wildman–Crippen LogP) is 7.23. The largest absolute Gasteiger partial charge is 0.494 e. The molecule has 0 fully saturated rings. The van der Waals surface area contributed by atoms with Crippen LogP contribution in [0.25, 0.3) is 11.1 Å². The zero-order chi connectivity index (χ0) is 28.0. The van der Waals surface area contributed by atoms with Crippen LogP contribution in [0, 0.1) is 5.82 Å². The molecule has 3 aromatic carbocycles. The molecule has 0 amide bonds. The van der Waals surface area contributed by atoms with Gasteiger partial charge in [0.15, 0.2) is 5.78 Å². The van der Waals surface area contributed by atoms with Gasteiger partial charge in [0.1, 0.15) is 22.9 Å². The first-order valence-electron chi connectivity index (χ1n) is 12.8. The molecule has 8 heteroatoms. The van der Waals surface area contributed by atoms with Crippen molar-refractivity contribution in [2.75, 3.05) is 13.2 Å². The van der Waals surface area contributed by atoms with Gasteiger partial charge in [0, 0.05) is 23.8 Å². The first kappa shape index (κ1) is 28.0. The molecule has 0 saturated heterocycles. The lowest BCUT2D eigenvalue weighted by Crippen LogP contribution is -2.36. The third-order valence-corrected chi connectivity index (χ3v) is 6.65. The average Bonchev–Trinajstić information content (AvgIpc) is 3.40. The standard InChI is InChI=1S/C31H29ClFNO5/c1-3-15-38-22-10-11-24(26(32)18-22)29(35)31(13-6-14-34-31)19-21-17-20(9-12-27(21)39-16-4-2)23-7-5-8-25(28(23)33)30(36)37/h5-14,17-18H,3-4,15-16,19H2,1-2H3,(H,36,37). The van der Waals surface area contributed by atoms with E-state index in [1.165, 1.54) is 18.2 Å². The summed E-state index contributed by atoms with van der Waals surface area (Å²) in [6.45, 7) is 4.96. The van der Waals surface area contributed by atoms with Crippen molar-refractivity contribution in [1.29, 1.82) is 0 Å². The van der Waals surface area contributed by atoms with Crippen molar-refractivity contribution >= 4 is 29.6 Å². The Balaban J connectivity index is 1.75. The maximum Gasteiger partial charge on any atom is 0.338 e. The van der Waals surface area contributed by atoms with Crippen molar-refractivity contribution in [2.45, 2.75) is 38.6 Å². The van der Waals surface area contributed by atoms with E-state index in [9.17, 15) is 14.7 Å². The first-order chi connectivity index (χ1) is 18.8. The van der Waals surface area contributed by atoms with Crippen molar-refractivity contribution in [3.63, 3.8) is 0 Å². The van der Waals surface area contributed by atoms with E-state index in [4.69, 9.17) is 21.1 Å². The molecule has 0 saturated carbocycles. The molecule has 1 heterocycles. The Hall–Kier alpha value is -3.97. The number of aliphatic imine (C=N–C) groups is 1. The van der Waals surface area contributed by atoms with Crippen LogP contribution in [0.3, 0.4) is 0 Å². The van der Waals surface area contributed by atoms with Gasteiger partial charge in [-0.15, -0.1) is 0 Å². The molecule has 1 N–H and O–H groups in total. The molecular weight excluding hydrogens is 521 g/mol. The number of rotatable bonds is 12. The highest BCUT2D eigenvalue weighted by Crippen LogP contribution is 2.37. The molecular formula is C31H29ClFNO5. The van der Waals surface area contributed by atoms with E-state index in [0.29, 0.717) is 41.4 Å². The maximum atomic E-state index is 15.1. The van der Waals surface area contributed by atoms with Crippen molar-refractivity contribution in [3.8, 4) is 22.6 Å². The van der Waals surface area contributed by atoms with Gasteiger partial charge in [-0.3, -0.25) is 9.79 Å². The summed E-state index contributed by atoms with van der Waals surface area (Å²) in [5.74, 6) is -1.38. The monoisotopic (exact) mass is 549 g/mol. The van der Waals surface area contributed by atoms with E-state index in [0.717, 1.165) is 12.8 Å². The minimum absolute atomic E-state index is 0.121. The second kappa shape index (κ2) is 12.3. The number of hydrogen-bond acceptors (Lipinski definition) is 5. The number of carbonyl (C=O) groups is 2. The number of aromatic carboxylic acids is 1. The molecule has 0 bridgehead atoms. The Morgan fingerprint density at radius 1 is 1.00 bits per heavy atom. The van der Waals surface area contributed by atoms with Crippen LogP contribution in [-0.2, 0) is 6.42 Å². The molecule has 4 rings (SSSR count). The van der Waals surface area contributed by atoms with Crippen LogP contribution in [-0.4, -0.2) is 41.8 Å². The molecule has 1 aliphatic rings. The van der Waals surface area contributed by atoms with Gasteiger partial charge in [0.2, 0.25) is 0 Å². The number of benzene rings is 3. The number of halogens is 2. The van der Waals surface area contributed by atoms with Gasteiger partial charge in [-0.1, -0.05) is 43.6 Å². The van der Waals surface area contributed by atoms with Crippen molar-refractivity contribution in [2.24, 2.45) is 4.99 Å². The predicted molar refractivity (Wildman–Crippen MR) is 150 cm³/mol. The Labute approximate surface area is 231 Å². The van der Waals surface area contributed by atoms with Gasteiger partial charge >= 0.3 is 5.97 Å². The number of ketones is 1. The lowest BCUT2D eigenvalue weighted by Gasteiger charge is -2.25. The summed E-state index contributed by atoms with van der Waals surface area (Å²) >= 11 is 6.52. The Kier molecular flexibility index (Phi) is 8.82. The first-order valence-corrected chi connectivity index (χ1v) is 13.2. The van der Waals surface area contributed by atoms with Crippen LogP contribution >= 0.6 is 11.6 Å². The summed E-state index contributed by atoms with van der Waals surface area (Å²) in [5.41, 5.74) is -0.196. The highest BCUT2D eigenvalue weighted by molar-refractivity contribution is 6.34. The highest BCUT2D eigenvalue weighted by atomic mass is 35.5. The number of carboxylic acids is 1. The second-order valence-corrected chi connectivity index (χ2v) is 9.61. The van der Waals surface area contributed by atoms with Crippen LogP contribution < -0.4 is 9.47 Å². The number of Topliss-reactive ketones (excluding diaryl/α,β-unsaturated/α-hetero) is 1. The fraction of sp³-hybridized carbons (Fsp3) is 0.258. The Morgan fingerprint density at radius 2 is 1.77 bits per heavy atom. The number of carboxylic acid groups (broad SMARTS) is 1. The van der Waals surface area contributed by atoms with Gasteiger partial charge in [-0.25, -0.2) is 9.18 Å². The SMILES string of the molecule is CCCOc1ccc(C(=O)C2(Cc3cc(-c4cccc(C(=O)O)c4F)ccc3OCCC)C=CC=N2)c(Cl)c1. The van der Waals surface area contributed by atoms with E-state index in [1.54, 1.807) is 54.8 Å². The van der Waals surface area contributed by atoms with E-state index < -0.39 is 22.9 Å². The molecule has 39 heavy (non-hydrogen) atoms. The lowest BCUT2D eigenvalue weighted by atomic mass is 9.83. The van der Waals surface area contributed by atoms with Crippen LogP contribution in [0.15, 0.2) is 71.7 Å². The number of nitrogens with zero attached hydrogens (tertiary/aromatic N) is 1. The third-order valence-electron chi connectivity index (χ3n) is 6.34.